The van der Waals surface area contributed by atoms with Crippen LogP contribution in [0.25, 0.3) is 0 Å². The highest BCUT2D eigenvalue weighted by molar-refractivity contribution is 5.81. The smallest absolute Gasteiger partial charge is 0.248 e. The summed E-state index contributed by atoms with van der Waals surface area (Å²) >= 11 is 0. The summed E-state index contributed by atoms with van der Waals surface area (Å²) in [4.78, 5) is 21.9. The van der Waals surface area contributed by atoms with E-state index in [1.54, 1.807) is 0 Å². The van der Waals surface area contributed by atoms with Crippen molar-refractivity contribution >= 4 is 11.8 Å². The summed E-state index contributed by atoms with van der Waals surface area (Å²) in [6.07, 6.45) is 1.19. The molecule has 0 aliphatic heterocycles. The number of amides is 2. The van der Waals surface area contributed by atoms with Crippen molar-refractivity contribution in [2.75, 3.05) is 13.2 Å². The number of primary amides is 1. The Hall–Kier alpha value is -1.14. The standard InChI is InChI=1S/C11H20N2O4/c1-2-17-8-3-7(4-8)5-10(15)13-6-9(14)11(12)16/h7-9,14H,2-6H2,1H3,(H2,12,16)(H,13,15). The number of aliphatic hydroxyl groups is 1. The molecule has 4 N–H and O–H groups in total. The van der Waals surface area contributed by atoms with Crippen LogP contribution >= 0.6 is 0 Å². The molecule has 0 radical (unpaired) electrons. The van der Waals surface area contributed by atoms with Crippen LogP contribution in [0.4, 0.5) is 0 Å². The zero-order chi connectivity index (χ0) is 12.8. The van der Waals surface area contributed by atoms with Gasteiger partial charge >= 0.3 is 0 Å². The molecule has 1 atom stereocenters. The lowest BCUT2D eigenvalue weighted by Crippen LogP contribution is -2.41. The van der Waals surface area contributed by atoms with E-state index in [4.69, 9.17) is 15.6 Å². The predicted octanol–water partition coefficient (Wildman–Crippen LogP) is -0.846. The molecule has 6 nitrogen and oxygen atoms in total. The third kappa shape index (κ3) is 4.70. The van der Waals surface area contributed by atoms with Crippen molar-refractivity contribution in [3.63, 3.8) is 0 Å². The van der Waals surface area contributed by atoms with E-state index in [1.165, 1.54) is 0 Å². The second-order valence-electron chi connectivity index (χ2n) is 4.34. The Morgan fingerprint density at radius 1 is 1.53 bits per heavy atom. The average molecular weight is 244 g/mol. The van der Waals surface area contributed by atoms with Crippen LogP contribution in [0.2, 0.25) is 0 Å². The number of rotatable bonds is 7. The highest BCUT2D eigenvalue weighted by Gasteiger charge is 2.31. The van der Waals surface area contributed by atoms with Crippen molar-refractivity contribution in [2.24, 2.45) is 11.7 Å². The maximum atomic E-state index is 11.4. The molecule has 98 valence electrons. The van der Waals surface area contributed by atoms with E-state index in [-0.39, 0.29) is 18.6 Å². The Labute approximate surface area is 101 Å². The quantitative estimate of drug-likeness (QED) is 0.543. The monoisotopic (exact) mass is 244 g/mol. The third-order valence-electron chi connectivity index (χ3n) is 2.89. The second-order valence-corrected chi connectivity index (χ2v) is 4.34. The second kappa shape index (κ2) is 6.56. The first-order valence-corrected chi connectivity index (χ1v) is 5.88. The average Bonchev–Trinajstić information content (AvgIpc) is 2.22. The molecular weight excluding hydrogens is 224 g/mol. The Morgan fingerprint density at radius 3 is 2.71 bits per heavy atom. The van der Waals surface area contributed by atoms with E-state index in [0.29, 0.717) is 18.9 Å². The van der Waals surface area contributed by atoms with E-state index >= 15 is 0 Å². The van der Waals surface area contributed by atoms with Crippen molar-refractivity contribution in [3.05, 3.63) is 0 Å². The maximum Gasteiger partial charge on any atom is 0.248 e. The summed E-state index contributed by atoms with van der Waals surface area (Å²) < 4.78 is 5.39. The highest BCUT2D eigenvalue weighted by Crippen LogP contribution is 2.32. The zero-order valence-electron chi connectivity index (χ0n) is 10.0. The van der Waals surface area contributed by atoms with Gasteiger partial charge in [0.05, 0.1) is 12.6 Å². The first-order valence-electron chi connectivity index (χ1n) is 5.88. The van der Waals surface area contributed by atoms with Crippen LogP contribution in [0.5, 0.6) is 0 Å². The van der Waals surface area contributed by atoms with Crippen molar-refractivity contribution < 1.29 is 19.4 Å². The number of hydrogen-bond acceptors (Lipinski definition) is 4. The van der Waals surface area contributed by atoms with Gasteiger partial charge in [0, 0.05) is 13.0 Å². The van der Waals surface area contributed by atoms with Crippen LogP contribution in [0, 0.1) is 5.92 Å². The molecule has 0 spiro atoms. The number of carbonyl (C=O) groups excluding carboxylic acids is 2. The third-order valence-corrected chi connectivity index (χ3v) is 2.89. The van der Waals surface area contributed by atoms with Gasteiger partial charge in [0.25, 0.3) is 0 Å². The van der Waals surface area contributed by atoms with Gasteiger partial charge in [-0.05, 0) is 25.7 Å². The summed E-state index contributed by atoms with van der Waals surface area (Å²) in [6.45, 7) is 2.54. The summed E-state index contributed by atoms with van der Waals surface area (Å²) in [6, 6.07) is 0. The Kier molecular flexibility index (Phi) is 5.37. The van der Waals surface area contributed by atoms with Gasteiger partial charge < -0.3 is 20.9 Å². The lowest BCUT2D eigenvalue weighted by atomic mass is 9.80. The minimum Gasteiger partial charge on any atom is -0.381 e. The highest BCUT2D eigenvalue weighted by atomic mass is 16.5. The molecule has 1 rings (SSSR count). The van der Waals surface area contributed by atoms with Gasteiger partial charge in [-0.1, -0.05) is 0 Å². The van der Waals surface area contributed by atoms with Crippen molar-refractivity contribution in [3.8, 4) is 0 Å². The van der Waals surface area contributed by atoms with Crippen molar-refractivity contribution in [1.82, 2.24) is 5.32 Å². The number of aliphatic hydroxyl groups excluding tert-OH is 1. The van der Waals surface area contributed by atoms with Gasteiger partial charge in [-0.25, -0.2) is 0 Å². The first kappa shape index (κ1) is 13.9. The molecule has 0 aromatic carbocycles. The normalized spacial score (nSPS) is 24.8. The molecule has 1 aliphatic carbocycles. The fraction of sp³-hybridized carbons (Fsp3) is 0.818. The predicted molar refractivity (Wildman–Crippen MR) is 61.0 cm³/mol. The Balaban J connectivity index is 2.09. The molecule has 0 bridgehead atoms. The Morgan fingerprint density at radius 2 is 2.18 bits per heavy atom. The number of ether oxygens (including phenoxy) is 1. The van der Waals surface area contributed by atoms with E-state index in [9.17, 15) is 9.59 Å². The fourth-order valence-electron chi connectivity index (χ4n) is 1.86. The lowest BCUT2D eigenvalue weighted by Gasteiger charge is -2.34. The molecule has 1 unspecified atom stereocenters. The molecular formula is C11H20N2O4. The van der Waals surface area contributed by atoms with E-state index < -0.39 is 12.0 Å². The van der Waals surface area contributed by atoms with Crippen LogP contribution in [-0.2, 0) is 14.3 Å². The minimum atomic E-state index is -1.31. The van der Waals surface area contributed by atoms with Crippen LogP contribution in [0.3, 0.4) is 0 Å². The van der Waals surface area contributed by atoms with E-state index in [1.807, 2.05) is 6.92 Å². The Bertz CT molecular complexity index is 277. The minimum absolute atomic E-state index is 0.115. The van der Waals surface area contributed by atoms with Crippen LogP contribution in [0.1, 0.15) is 26.2 Å². The van der Waals surface area contributed by atoms with Gasteiger partial charge in [0.1, 0.15) is 6.10 Å². The van der Waals surface area contributed by atoms with Crippen LogP contribution < -0.4 is 11.1 Å². The number of hydrogen-bond donors (Lipinski definition) is 3. The van der Waals surface area contributed by atoms with Gasteiger partial charge in [-0.3, -0.25) is 9.59 Å². The van der Waals surface area contributed by atoms with Crippen LogP contribution in [0.15, 0.2) is 0 Å². The number of carbonyl (C=O) groups is 2. The molecule has 1 aliphatic rings. The molecule has 1 saturated carbocycles. The first-order chi connectivity index (χ1) is 8.02. The number of nitrogens with two attached hydrogens (primary N) is 1. The van der Waals surface area contributed by atoms with Gasteiger partial charge in [0.2, 0.25) is 11.8 Å². The molecule has 17 heavy (non-hydrogen) atoms. The number of nitrogens with one attached hydrogen (secondary N) is 1. The van der Waals surface area contributed by atoms with Crippen molar-refractivity contribution in [2.45, 2.75) is 38.4 Å². The molecule has 2 amide bonds. The SMILES string of the molecule is CCOC1CC(CC(=O)NCC(O)C(N)=O)C1. The maximum absolute atomic E-state index is 11.4. The lowest BCUT2D eigenvalue weighted by molar-refractivity contribution is -0.127. The molecule has 0 saturated heterocycles. The fourth-order valence-corrected chi connectivity index (χ4v) is 1.86. The summed E-state index contributed by atoms with van der Waals surface area (Å²) in [7, 11) is 0. The molecule has 1 fully saturated rings. The summed E-state index contributed by atoms with van der Waals surface area (Å²) in [5, 5.41) is 11.6. The molecule has 0 aromatic rings. The van der Waals surface area contributed by atoms with E-state index in [2.05, 4.69) is 5.32 Å². The summed E-state index contributed by atoms with van der Waals surface area (Å²) in [5.41, 5.74) is 4.86. The molecule has 6 heteroatoms. The van der Waals surface area contributed by atoms with Crippen LogP contribution in [-0.4, -0.2) is 42.3 Å². The van der Waals surface area contributed by atoms with Gasteiger partial charge in [-0.15, -0.1) is 0 Å². The molecule has 0 heterocycles. The molecule has 0 aromatic heterocycles. The summed E-state index contributed by atoms with van der Waals surface area (Å²) in [5.74, 6) is -0.645. The van der Waals surface area contributed by atoms with Gasteiger partial charge in [0.15, 0.2) is 0 Å². The zero-order valence-corrected chi connectivity index (χ0v) is 10.0. The van der Waals surface area contributed by atoms with E-state index in [0.717, 1.165) is 12.8 Å². The topological polar surface area (TPSA) is 102 Å². The largest absolute Gasteiger partial charge is 0.381 e. The van der Waals surface area contributed by atoms with Gasteiger partial charge in [-0.2, -0.15) is 0 Å². The van der Waals surface area contributed by atoms with Crippen molar-refractivity contribution in [1.29, 1.82) is 0 Å².